The second-order valence-corrected chi connectivity index (χ2v) is 5.18. The van der Waals surface area contributed by atoms with Crippen molar-refractivity contribution in [3.8, 4) is 0 Å². The Morgan fingerprint density at radius 2 is 2.00 bits per heavy atom. The van der Waals surface area contributed by atoms with Crippen molar-refractivity contribution in [2.45, 2.75) is 37.5 Å². The first-order valence-electron chi connectivity index (χ1n) is 5.50. The Morgan fingerprint density at radius 1 is 1.27 bits per heavy atom. The van der Waals surface area contributed by atoms with E-state index in [1.165, 1.54) is 41.7 Å². The SMILES string of the molecule is CC(=O)CSc1ccc2c(c1)CCCC2. The molecule has 2 rings (SSSR count). The molecule has 1 aliphatic carbocycles. The Labute approximate surface area is 95.3 Å². The van der Waals surface area contributed by atoms with Crippen molar-refractivity contribution in [1.82, 2.24) is 0 Å². The van der Waals surface area contributed by atoms with Crippen LogP contribution in [0.1, 0.15) is 30.9 Å². The van der Waals surface area contributed by atoms with Crippen LogP contribution in [-0.2, 0) is 17.6 Å². The van der Waals surface area contributed by atoms with Gasteiger partial charge in [-0.2, -0.15) is 0 Å². The molecule has 2 heteroatoms. The highest BCUT2D eigenvalue weighted by molar-refractivity contribution is 8.00. The lowest BCUT2D eigenvalue weighted by molar-refractivity contribution is -0.114. The lowest BCUT2D eigenvalue weighted by atomic mass is 9.92. The minimum Gasteiger partial charge on any atom is -0.299 e. The monoisotopic (exact) mass is 220 g/mol. The van der Waals surface area contributed by atoms with Gasteiger partial charge < -0.3 is 0 Å². The van der Waals surface area contributed by atoms with Gasteiger partial charge in [0.15, 0.2) is 0 Å². The van der Waals surface area contributed by atoms with E-state index in [9.17, 15) is 4.79 Å². The van der Waals surface area contributed by atoms with E-state index in [2.05, 4.69) is 18.2 Å². The molecule has 0 fully saturated rings. The summed E-state index contributed by atoms with van der Waals surface area (Å²) < 4.78 is 0. The maximum Gasteiger partial charge on any atom is 0.140 e. The van der Waals surface area contributed by atoms with Crippen LogP contribution in [-0.4, -0.2) is 11.5 Å². The van der Waals surface area contributed by atoms with Crippen LogP contribution in [0, 0.1) is 0 Å². The molecule has 0 saturated carbocycles. The third-order valence-corrected chi connectivity index (χ3v) is 3.90. The molecule has 0 aliphatic heterocycles. The van der Waals surface area contributed by atoms with Crippen LogP contribution < -0.4 is 0 Å². The van der Waals surface area contributed by atoms with Crippen LogP contribution in [0.25, 0.3) is 0 Å². The van der Waals surface area contributed by atoms with Gasteiger partial charge in [-0.05, 0) is 55.9 Å². The van der Waals surface area contributed by atoms with Gasteiger partial charge in [0.05, 0.1) is 5.75 Å². The van der Waals surface area contributed by atoms with Crippen LogP contribution in [0.2, 0.25) is 0 Å². The van der Waals surface area contributed by atoms with E-state index in [4.69, 9.17) is 0 Å². The molecule has 0 heterocycles. The number of carbonyl (C=O) groups is 1. The molecule has 0 unspecified atom stereocenters. The van der Waals surface area contributed by atoms with Gasteiger partial charge in [-0.3, -0.25) is 4.79 Å². The normalized spacial score (nSPS) is 14.7. The molecule has 0 radical (unpaired) electrons. The molecule has 0 N–H and O–H groups in total. The van der Waals surface area contributed by atoms with Gasteiger partial charge in [-0.25, -0.2) is 0 Å². The number of Topliss-reactive ketones (excluding diaryl/α,β-unsaturated/α-hetero) is 1. The average molecular weight is 220 g/mol. The first kappa shape index (κ1) is 10.7. The molecule has 0 saturated heterocycles. The van der Waals surface area contributed by atoms with Crippen molar-refractivity contribution in [2.75, 3.05) is 5.75 Å². The molecule has 0 spiro atoms. The van der Waals surface area contributed by atoms with E-state index in [-0.39, 0.29) is 5.78 Å². The summed E-state index contributed by atoms with van der Waals surface area (Å²) in [4.78, 5) is 12.1. The summed E-state index contributed by atoms with van der Waals surface area (Å²) in [5.41, 5.74) is 3.00. The van der Waals surface area contributed by atoms with Crippen molar-refractivity contribution in [1.29, 1.82) is 0 Å². The molecule has 1 nitrogen and oxygen atoms in total. The van der Waals surface area contributed by atoms with E-state index in [1.54, 1.807) is 18.7 Å². The van der Waals surface area contributed by atoms with Gasteiger partial charge in [0.1, 0.15) is 5.78 Å². The Hall–Kier alpha value is -0.760. The van der Waals surface area contributed by atoms with Gasteiger partial charge in [0.2, 0.25) is 0 Å². The van der Waals surface area contributed by atoms with Gasteiger partial charge in [0.25, 0.3) is 0 Å². The van der Waals surface area contributed by atoms with E-state index < -0.39 is 0 Å². The van der Waals surface area contributed by atoms with Crippen LogP contribution in [0.15, 0.2) is 23.1 Å². The van der Waals surface area contributed by atoms with Crippen molar-refractivity contribution in [3.63, 3.8) is 0 Å². The molecule has 1 aromatic carbocycles. The molecule has 0 atom stereocenters. The van der Waals surface area contributed by atoms with Crippen LogP contribution in [0.3, 0.4) is 0 Å². The molecule has 15 heavy (non-hydrogen) atoms. The smallest absolute Gasteiger partial charge is 0.140 e. The molecule has 0 aromatic heterocycles. The number of hydrogen-bond acceptors (Lipinski definition) is 2. The van der Waals surface area contributed by atoms with E-state index in [0.29, 0.717) is 5.75 Å². The fraction of sp³-hybridized carbons (Fsp3) is 0.462. The van der Waals surface area contributed by atoms with Gasteiger partial charge >= 0.3 is 0 Å². The van der Waals surface area contributed by atoms with Crippen molar-refractivity contribution in [3.05, 3.63) is 29.3 Å². The Balaban J connectivity index is 2.10. The number of thioether (sulfide) groups is 1. The van der Waals surface area contributed by atoms with Crippen LogP contribution in [0.4, 0.5) is 0 Å². The first-order valence-corrected chi connectivity index (χ1v) is 6.48. The third-order valence-electron chi connectivity index (χ3n) is 2.76. The minimum atomic E-state index is 0.248. The number of ketones is 1. The summed E-state index contributed by atoms with van der Waals surface area (Å²) in [7, 11) is 0. The number of fused-ring (bicyclic) bond motifs is 1. The highest BCUT2D eigenvalue weighted by Gasteiger charge is 2.09. The van der Waals surface area contributed by atoms with E-state index in [0.717, 1.165) is 0 Å². The second-order valence-electron chi connectivity index (χ2n) is 4.13. The lowest BCUT2D eigenvalue weighted by Gasteiger charge is -2.16. The number of rotatable bonds is 3. The van der Waals surface area contributed by atoms with Crippen molar-refractivity contribution >= 4 is 17.5 Å². The molecular formula is C13H16OS. The lowest BCUT2D eigenvalue weighted by Crippen LogP contribution is -2.02. The van der Waals surface area contributed by atoms with Crippen molar-refractivity contribution < 1.29 is 4.79 Å². The maximum absolute atomic E-state index is 10.9. The Morgan fingerprint density at radius 3 is 2.73 bits per heavy atom. The van der Waals surface area contributed by atoms with E-state index >= 15 is 0 Å². The Kier molecular flexibility index (Phi) is 3.47. The summed E-state index contributed by atoms with van der Waals surface area (Å²) in [6.45, 7) is 1.64. The number of aryl methyl sites for hydroxylation is 2. The summed E-state index contributed by atoms with van der Waals surface area (Å²) in [5.74, 6) is 0.844. The van der Waals surface area contributed by atoms with Crippen LogP contribution >= 0.6 is 11.8 Å². The summed E-state index contributed by atoms with van der Waals surface area (Å²) in [6.07, 6.45) is 5.08. The predicted molar refractivity (Wildman–Crippen MR) is 64.5 cm³/mol. The molecule has 80 valence electrons. The summed E-state index contributed by atoms with van der Waals surface area (Å²) >= 11 is 1.65. The van der Waals surface area contributed by atoms with E-state index in [1.807, 2.05) is 0 Å². The van der Waals surface area contributed by atoms with Crippen LogP contribution in [0.5, 0.6) is 0 Å². The number of benzene rings is 1. The topological polar surface area (TPSA) is 17.1 Å². The summed E-state index contributed by atoms with van der Waals surface area (Å²) in [6, 6.07) is 6.65. The Bertz CT molecular complexity index is 371. The molecular weight excluding hydrogens is 204 g/mol. The number of hydrogen-bond donors (Lipinski definition) is 0. The highest BCUT2D eigenvalue weighted by Crippen LogP contribution is 2.26. The zero-order valence-electron chi connectivity index (χ0n) is 9.08. The highest BCUT2D eigenvalue weighted by atomic mass is 32.2. The largest absolute Gasteiger partial charge is 0.299 e. The molecule has 1 aromatic rings. The van der Waals surface area contributed by atoms with Crippen molar-refractivity contribution in [2.24, 2.45) is 0 Å². The fourth-order valence-electron chi connectivity index (χ4n) is 1.98. The molecule has 1 aliphatic rings. The molecule has 0 bridgehead atoms. The minimum absolute atomic E-state index is 0.248. The zero-order valence-corrected chi connectivity index (χ0v) is 9.90. The maximum atomic E-state index is 10.9. The number of carbonyl (C=O) groups excluding carboxylic acids is 1. The standard InChI is InChI=1S/C13H16OS/c1-10(14)9-15-13-7-6-11-4-2-3-5-12(11)8-13/h6-8H,2-5,9H2,1H3. The third kappa shape index (κ3) is 2.85. The van der Waals surface area contributed by atoms with Gasteiger partial charge in [0, 0.05) is 4.90 Å². The van der Waals surface area contributed by atoms with Gasteiger partial charge in [-0.15, -0.1) is 11.8 Å². The zero-order chi connectivity index (χ0) is 10.7. The second kappa shape index (κ2) is 4.84. The summed E-state index contributed by atoms with van der Waals surface area (Å²) in [5, 5.41) is 0. The quantitative estimate of drug-likeness (QED) is 0.727. The average Bonchev–Trinajstić information content (AvgIpc) is 2.26. The predicted octanol–water partition coefficient (Wildman–Crippen LogP) is 3.25. The van der Waals surface area contributed by atoms with Gasteiger partial charge in [-0.1, -0.05) is 6.07 Å². The first-order chi connectivity index (χ1) is 7.25. The molecule has 0 amide bonds. The fourth-order valence-corrected chi connectivity index (χ4v) is 2.74.